The number of carbonyl (C=O) groups excluding carboxylic acids is 2. The van der Waals surface area contributed by atoms with Gasteiger partial charge in [-0.1, -0.05) is 13.8 Å². The predicted octanol–water partition coefficient (Wildman–Crippen LogP) is 2.04. The minimum atomic E-state index is -0.736. The topological polar surface area (TPSA) is 49.4 Å². The molecule has 1 aliphatic heterocycles. The standard InChI is InChI=1S/C14H26N2O2S/c1-5-14(4)13(18)16(8-7-9-19-6-2)11(3)10-12(17)15-14/h11H,5-10H2,1-4H3,(H,15,17). The molecule has 0 spiro atoms. The quantitative estimate of drug-likeness (QED) is 0.760. The summed E-state index contributed by atoms with van der Waals surface area (Å²) >= 11 is 1.89. The van der Waals surface area contributed by atoms with Crippen LogP contribution in [0.5, 0.6) is 0 Å². The van der Waals surface area contributed by atoms with Gasteiger partial charge in [-0.2, -0.15) is 11.8 Å². The SMILES string of the molecule is CCSCCCN1C(=O)C(C)(CC)NC(=O)CC1C. The van der Waals surface area contributed by atoms with Gasteiger partial charge in [-0.3, -0.25) is 9.59 Å². The lowest BCUT2D eigenvalue weighted by molar-refractivity contribution is -0.139. The molecule has 2 unspecified atom stereocenters. The van der Waals surface area contributed by atoms with Crippen LogP contribution >= 0.6 is 11.8 Å². The van der Waals surface area contributed by atoms with E-state index in [9.17, 15) is 9.59 Å². The lowest BCUT2D eigenvalue weighted by atomic mass is 9.97. The van der Waals surface area contributed by atoms with E-state index >= 15 is 0 Å². The Labute approximate surface area is 120 Å². The van der Waals surface area contributed by atoms with E-state index in [-0.39, 0.29) is 17.9 Å². The Balaban J connectivity index is 2.75. The summed E-state index contributed by atoms with van der Waals surface area (Å²) in [4.78, 5) is 26.4. The first-order valence-corrected chi connectivity index (χ1v) is 8.30. The van der Waals surface area contributed by atoms with Crippen LogP contribution in [0.2, 0.25) is 0 Å². The number of nitrogens with one attached hydrogen (secondary N) is 1. The fourth-order valence-electron chi connectivity index (χ4n) is 2.35. The predicted molar refractivity (Wildman–Crippen MR) is 80.2 cm³/mol. The Morgan fingerprint density at radius 3 is 2.68 bits per heavy atom. The monoisotopic (exact) mass is 286 g/mol. The molecule has 1 saturated heterocycles. The number of hydrogen-bond acceptors (Lipinski definition) is 3. The summed E-state index contributed by atoms with van der Waals surface area (Å²) in [6.45, 7) is 8.63. The van der Waals surface area contributed by atoms with Gasteiger partial charge in [0.1, 0.15) is 5.54 Å². The van der Waals surface area contributed by atoms with Gasteiger partial charge in [-0.25, -0.2) is 0 Å². The zero-order chi connectivity index (χ0) is 14.5. The van der Waals surface area contributed by atoms with Gasteiger partial charge < -0.3 is 10.2 Å². The fourth-order valence-corrected chi connectivity index (χ4v) is 2.97. The number of amides is 2. The third-order valence-corrected chi connectivity index (χ3v) is 4.75. The van der Waals surface area contributed by atoms with E-state index in [4.69, 9.17) is 0 Å². The molecule has 19 heavy (non-hydrogen) atoms. The van der Waals surface area contributed by atoms with E-state index in [0.29, 0.717) is 12.8 Å². The summed E-state index contributed by atoms with van der Waals surface area (Å²) in [5.41, 5.74) is -0.736. The van der Waals surface area contributed by atoms with Crippen molar-refractivity contribution < 1.29 is 9.59 Å². The molecule has 2 amide bonds. The van der Waals surface area contributed by atoms with Gasteiger partial charge in [0.2, 0.25) is 11.8 Å². The van der Waals surface area contributed by atoms with Crippen LogP contribution in [0.25, 0.3) is 0 Å². The van der Waals surface area contributed by atoms with Gasteiger partial charge in [0.05, 0.1) is 0 Å². The number of thioether (sulfide) groups is 1. The van der Waals surface area contributed by atoms with Crippen LogP contribution in [0.4, 0.5) is 0 Å². The Kier molecular flexibility index (Phi) is 6.17. The molecular formula is C14H26N2O2S. The first kappa shape index (κ1) is 16.3. The summed E-state index contributed by atoms with van der Waals surface area (Å²) in [5, 5.41) is 2.88. The van der Waals surface area contributed by atoms with Crippen LogP contribution in [0.1, 0.15) is 47.0 Å². The van der Waals surface area contributed by atoms with Crippen molar-refractivity contribution in [2.24, 2.45) is 0 Å². The first-order valence-electron chi connectivity index (χ1n) is 7.14. The van der Waals surface area contributed by atoms with Crippen molar-refractivity contribution in [2.75, 3.05) is 18.1 Å². The van der Waals surface area contributed by atoms with Crippen molar-refractivity contribution in [1.29, 1.82) is 0 Å². The molecular weight excluding hydrogens is 260 g/mol. The van der Waals surface area contributed by atoms with Gasteiger partial charge in [0.15, 0.2) is 0 Å². The Bertz CT molecular complexity index is 335. The minimum Gasteiger partial charge on any atom is -0.342 e. The van der Waals surface area contributed by atoms with Crippen molar-refractivity contribution in [3.05, 3.63) is 0 Å². The van der Waals surface area contributed by atoms with E-state index < -0.39 is 5.54 Å². The van der Waals surface area contributed by atoms with E-state index in [1.807, 2.05) is 37.4 Å². The highest BCUT2D eigenvalue weighted by molar-refractivity contribution is 7.99. The van der Waals surface area contributed by atoms with Gasteiger partial charge in [0.25, 0.3) is 0 Å². The molecule has 0 radical (unpaired) electrons. The molecule has 0 aromatic heterocycles. The van der Waals surface area contributed by atoms with Gasteiger partial charge in [-0.15, -0.1) is 0 Å². The highest BCUT2D eigenvalue weighted by atomic mass is 32.2. The lowest BCUT2D eigenvalue weighted by Gasteiger charge is -2.33. The maximum Gasteiger partial charge on any atom is 0.248 e. The van der Waals surface area contributed by atoms with Crippen LogP contribution in [-0.2, 0) is 9.59 Å². The summed E-state index contributed by atoms with van der Waals surface area (Å²) in [5.74, 6) is 2.22. The lowest BCUT2D eigenvalue weighted by Crippen LogP contribution is -2.55. The number of rotatable bonds is 6. The third-order valence-electron chi connectivity index (χ3n) is 3.76. The largest absolute Gasteiger partial charge is 0.342 e. The van der Waals surface area contributed by atoms with E-state index in [1.165, 1.54) is 0 Å². The van der Waals surface area contributed by atoms with Crippen molar-refractivity contribution in [2.45, 2.75) is 58.5 Å². The maximum absolute atomic E-state index is 12.6. The van der Waals surface area contributed by atoms with Crippen molar-refractivity contribution >= 4 is 23.6 Å². The summed E-state index contributed by atoms with van der Waals surface area (Å²) < 4.78 is 0. The number of carbonyl (C=O) groups is 2. The molecule has 5 heteroatoms. The molecule has 1 N–H and O–H groups in total. The van der Waals surface area contributed by atoms with Crippen LogP contribution in [-0.4, -0.2) is 46.3 Å². The second-order valence-electron chi connectivity index (χ2n) is 5.34. The Morgan fingerprint density at radius 2 is 2.11 bits per heavy atom. The zero-order valence-corrected chi connectivity index (χ0v) is 13.3. The zero-order valence-electron chi connectivity index (χ0n) is 12.5. The van der Waals surface area contributed by atoms with E-state index in [2.05, 4.69) is 12.2 Å². The van der Waals surface area contributed by atoms with E-state index in [1.54, 1.807) is 0 Å². The van der Waals surface area contributed by atoms with Crippen LogP contribution in [0, 0.1) is 0 Å². The molecule has 0 saturated carbocycles. The molecule has 2 atom stereocenters. The van der Waals surface area contributed by atoms with Crippen molar-refractivity contribution in [3.63, 3.8) is 0 Å². The smallest absolute Gasteiger partial charge is 0.248 e. The Hall–Kier alpha value is -0.710. The first-order chi connectivity index (χ1) is 8.94. The maximum atomic E-state index is 12.6. The molecule has 1 rings (SSSR count). The van der Waals surface area contributed by atoms with Crippen molar-refractivity contribution in [1.82, 2.24) is 10.2 Å². The molecule has 0 aromatic rings. The summed E-state index contributed by atoms with van der Waals surface area (Å²) in [6.07, 6.45) is 2.02. The van der Waals surface area contributed by atoms with Crippen LogP contribution in [0.3, 0.4) is 0 Å². The highest BCUT2D eigenvalue weighted by Gasteiger charge is 2.41. The molecule has 0 aromatic carbocycles. The average Bonchev–Trinajstić information content (AvgIpc) is 2.44. The molecule has 1 aliphatic rings. The number of nitrogens with zero attached hydrogens (tertiary/aromatic N) is 1. The van der Waals surface area contributed by atoms with Crippen LogP contribution < -0.4 is 5.32 Å². The second kappa shape index (κ2) is 7.17. The molecule has 0 aliphatic carbocycles. The summed E-state index contributed by atoms with van der Waals surface area (Å²) in [7, 11) is 0. The minimum absolute atomic E-state index is 0.00694. The molecule has 4 nitrogen and oxygen atoms in total. The molecule has 110 valence electrons. The highest BCUT2D eigenvalue weighted by Crippen LogP contribution is 2.21. The summed E-state index contributed by atoms with van der Waals surface area (Å²) in [6, 6.07) is -0.00694. The van der Waals surface area contributed by atoms with Gasteiger partial charge in [-0.05, 0) is 38.2 Å². The average molecular weight is 286 g/mol. The van der Waals surface area contributed by atoms with Crippen molar-refractivity contribution in [3.8, 4) is 0 Å². The number of hydrogen-bond donors (Lipinski definition) is 1. The van der Waals surface area contributed by atoms with Gasteiger partial charge >= 0.3 is 0 Å². The van der Waals surface area contributed by atoms with Gasteiger partial charge in [0, 0.05) is 19.0 Å². The molecule has 1 fully saturated rings. The fraction of sp³-hybridized carbons (Fsp3) is 0.857. The second-order valence-corrected chi connectivity index (χ2v) is 6.73. The van der Waals surface area contributed by atoms with Crippen LogP contribution in [0.15, 0.2) is 0 Å². The molecule has 1 heterocycles. The normalized spacial score (nSPS) is 28.2. The Morgan fingerprint density at radius 1 is 1.42 bits per heavy atom. The molecule has 0 bridgehead atoms. The van der Waals surface area contributed by atoms with E-state index in [0.717, 1.165) is 24.5 Å². The third kappa shape index (κ3) is 4.13.